The molecule has 2 aromatic heterocycles. The van der Waals surface area contributed by atoms with Gasteiger partial charge >= 0.3 is 6.03 Å². The van der Waals surface area contributed by atoms with Crippen LogP contribution in [0.4, 0.5) is 10.5 Å². The predicted molar refractivity (Wildman–Crippen MR) is 112 cm³/mol. The highest BCUT2D eigenvalue weighted by atomic mass is 16.5. The normalized spacial score (nSPS) is 14.9. The fraction of sp³-hybridized carbons (Fsp3) is 0.381. The number of unbranched alkanes of at least 4 members (excludes halogenated alkanes) is 1. The number of urea groups is 1. The number of aromatic amines is 1. The average molecular weight is 407 g/mol. The van der Waals surface area contributed by atoms with Gasteiger partial charge < -0.3 is 9.64 Å². The number of anilines is 1. The van der Waals surface area contributed by atoms with Crippen molar-refractivity contribution in [3.63, 3.8) is 0 Å². The highest BCUT2D eigenvalue weighted by molar-refractivity contribution is 5.94. The Hall–Kier alpha value is -3.49. The Morgan fingerprint density at radius 2 is 1.90 bits per heavy atom. The summed E-state index contributed by atoms with van der Waals surface area (Å²) in [7, 11) is 0. The highest BCUT2D eigenvalue weighted by Gasteiger charge is 2.32. The van der Waals surface area contributed by atoms with E-state index >= 15 is 0 Å². The molecular formula is C21H25N7O2. The van der Waals surface area contributed by atoms with Crippen molar-refractivity contribution in [2.45, 2.75) is 32.2 Å². The maximum atomic E-state index is 12.7. The first kappa shape index (κ1) is 19.8. The Morgan fingerprint density at radius 1 is 1.10 bits per heavy atom. The van der Waals surface area contributed by atoms with Crippen LogP contribution in [0.3, 0.4) is 0 Å². The SMILES string of the molecule is CC(CCCCOc1ccc(-c2nn[nH]n2)cc1)N1CCN(c2ccncc2)C1=O. The minimum absolute atomic E-state index is 0.0756. The molecule has 1 aliphatic heterocycles. The summed E-state index contributed by atoms with van der Waals surface area (Å²) in [4.78, 5) is 20.5. The summed E-state index contributed by atoms with van der Waals surface area (Å²) in [6.45, 7) is 4.23. The van der Waals surface area contributed by atoms with E-state index in [1.165, 1.54) is 0 Å². The van der Waals surface area contributed by atoms with Gasteiger partial charge in [-0.25, -0.2) is 4.79 Å². The third-order valence-corrected chi connectivity index (χ3v) is 5.29. The Balaban J connectivity index is 1.17. The van der Waals surface area contributed by atoms with Gasteiger partial charge in [-0.1, -0.05) is 0 Å². The van der Waals surface area contributed by atoms with Crippen LogP contribution >= 0.6 is 0 Å². The van der Waals surface area contributed by atoms with E-state index in [1.807, 2.05) is 46.2 Å². The molecule has 1 atom stereocenters. The number of aromatic nitrogens is 5. The minimum Gasteiger partial charge on any atom is -0.494 e. The molecule has 1 aliphatic rings. The van der Waals surface area contributed by atoms with Crippen molar-refractivity contribution >= 4 is 11.7 Å². The molecule has 0 spiro atoms. The van der Waals surface area contributed by atoms with Gasteiger partial charge in [-0.2, -0.15) is 5.21 Å². The summed E-state index contributed by atoms with van der Waals surface area (Å²) in [5.74, 6) is 1.38. The maximum Gasteiger partial charge on any atom is 0.324 e. The predicted octanol–water partition coefficient (Wildman–Crippen LogP) is 3.14. The Kier molecular flexibility index (Phi) is 6.17. The van der Waals surface area contributed by atoms with Crippen LogP contribution in [0.5, 0.6) is 5.75 Å². The Labute approximate surface area is 175 Å². The highest BCUT2D eigenvalue weighted by Crippen LogP contribution is 2.23. The summed E-state index contributed by atoms with van der Waals surface area (Å²) in [5, 5.41) is 13.9. The van der Waals surface area contributed by atoms with E-state index in [4.69, 9.17) is 4.74 Å². The number of amides is 2. The number of hydrogen-bond acceptors (Lipinski definition) is 6. The molecule has 1 saturated heterocycles. The lowest BCUT2D eigenvalue weighted by molar-refractivity contribution is 0.199. The lowest BCUT2D eigenvalue weighted by Crippen LogP contribution is -2.37. The van der Waals surface area contributed by atoms with Crippen LogP contribution in [-0.2, 0) is 0 Å². The van der Waals surface area contributed by atoms with Crippen LogP contribution in [-0.4, -0.2) is 62.3 Å². The van der Waals surface area contributed by atoms with Crippen LogP contribution < -0.4 is 9.64 Å². The zero-order valence-electron chi connectivity index (χ0n) is 16.9. The number of rotatable bonds is 9. The van der Waals surface area contributed by atoms with Gasteiger partial charge in [0.05, 0.1) is 6.61 Å². The monoisotopic (exact) mass is 407 g/mol. The second-order valence-corrected chi connectivity index (χ2v) is 7.29. The number of tetrazole rings is 1. The summed E-state index contributed by atoms with van der Waals surface area (Å²) in [5.41, 5.74) is 1.80. The third-order valence-electron chi connectivity index (χ3n) is 5.29. The second-order valence-electron chi connectivity index (χ2n) is 7.29. The number of carbonyl (C=O) groups excluding carboxylic acids is 1. The number of benzene rings is 1. The van der Waals surface area contributed by atoms with E-state index in [9.17, 15) is 4.79 Å². The first-order valence-corrected chi connectivity index (χ1v) is 10.2. The van der Waals surface area contributed by atoms with Gasteiger partial charge in [-0.05, 0) is 67.8 Å². The van der Waals surface area contributed by atoms with Gasteiger partial charge in [-0.3, -0.25) is 9.88 Å². The fourth-order valence-corrected chi connectivity index (χ4v) is 3.60. The molecule has 0 saturated carbocycles. The van der Waals surface area contributed by atoms with Crippen LogP contribution in [0.2, 0.25) is 0 Å². The molecule has 30 heavy (non-hydrogen) atoms. The molecule has 0 radical (unpaired) electrons. The van der Waals surface area contributed by atoms with Crippen LogP contribution in [0.15, 0.2) is 48.8 Å². The van der Waals surface area contributed by atoms with E-state index < -0.39 is 0 Å². The van der Waals surface area contributed by atoms with Crippen LogP contribution in [0, 0.1) is 0 Å². The quantitative estimate of drug-likeness (QED) is 0.547. The van der Waals surface area contributed by atoms with Gasteiger partial charge in [0, 0.05) is 42.8 Å². The van der Waals surface area contributed by atoms with Gasteiger partial charge in [-0.15, -0.1) is 10.2 Å². The lowest BCUT2D eigenvalue weighted by Gasteiger charge is -2.25. The van der Waals surface area contributed by atoms with Crippen LogP contribution in [0.25, 0.3) is 11.4 Å². The molecule has 1 unspecified atom stereocenters. The van der Waals surface area contributed by atoms with Gasteiger partial charge in [0.15, 0.2) is 0 Å². The van der Waals surface area contributed by atoms with E-state index in [0.29, 0.717) is 12.4 Å². The molecule has 9 heteroatoms. The zero-order chi connectivity index (χ0) is 20.8. The molecular weight excluding hydrogens is 382 g/mol. The Morgan fingerprint density at radius 3 is 2.63 bits per heavy atom. The van der Waals surface area contributed by atoms with Crippen molar-refractivity contribution in [3.05, 3.63) is 48.8 Å². The van der Waals surface area contributed by atoms with Crippen LogP contribution in [0.1, 0.15) is 26.2 Å². The molecule has 3 aromatic rings. The number of nitrogens with one attached hydrogen (secondary N) is 1. The number of ether oxygens (including phenoxy) is 1. The molecule has 0 bridgehead atoms. The zero-order valence-corrected chi connectivity index (χ0v) is 16.9. The van der Waals surface area contributed by atoms with Crippen molar-refractivity contribution in [3.8, 4) is 17.1 Å². The molecule has 3 heterocycles. The number of pyridine rings is 1. The van der Waals surface area contributed by atoms with Crippen molar-refractivity contribution in [2.75, 3.05) is 24.6 Å². The standard InChI is InChI=1S/C21H25N7O2/c1-16(27-13-14-28(21(27)29)18-9-11-22-12-10-18)4-2-3-15-30-19-7-5-17(6-8-19)20-23-25-26-24-20/h5-12,16H,2-4,13-15H2,1H3,(H,23,24,25,26). The maximum absolute atomic E-state index is 12.7. The molecule has 2 amide bonds. The summed E-state index contributed by atoms with van der Waals surface area (Å²) in [6, 6.07) is 11.7. The van der Waals surface area contributed by atoms with Crippen molar-refractivity contribution < 1.29 is 9.53 Å². The fourth-order valence-electron chi connectivity index (χ4n) is 3.60. The van der Waals surface area contributed by atoms with Gasteiger partial charge in [0.25, 0.3) is 0 Å². The molecule has 1 aromatic carbocycles. The first-order chi connectivity index (χ1) is 14.7. The van der Waals surface area contributed by atoms with Crippen molar-refractivity contribution in [1.82, 2.24) is 30.5 Å². The van der Waals surface area contributed by atoms with E-state index in [1.54, 1.807) is 12.4 Å². The van der Waals surface area contributed by atoms with Crippen molar-refractivity contribution in [2.24, 2.45) is 0 Å². The third kappa shape index (κ3) is 4.56. The molecule has 156 valence electrons. The van der Waals surface area contributed by atoms with E-state index in [0.717, 1.165) is 49.4 Å². The van der Waals surface area contributed by atoms with Crippen molar-refractivity contribution in [1.29, 1.82) is 0 Å². The molecule has 1 N–H and O–H groups in total. The van der Waals surface area contributed by atoms with Gasteiger partial charge in [0.1, 0.15) is 5.75 Å². The average Bonchev–Trinajstić information content (AvgIpc) is 3.45. The number of hydrogen-bond donors (Lipinski definition) is 1. The molecule has 4 rings (SSSR count). The summed E-state index contributed by atoms with van der Waals surface area (Å²) >= 11 is 0. The lowest BCUT2D eigenvalue weighted by atomic mass is 10.1. The minimum atomic E-state index is 0.0756. The Bertz CT molecular complexity index is 932. The smallest absolute Gasteiger partial charge is 0.324 e. The second kappa shape index (κ2) is 9.34. The first-order valence-electron chi connectivity index (χ1n) is 10.2. The molecule has 1 fully saturated rings. The molecule has 0 aliphatic carbocycles. The number of nitrogens with zero attached hydrogens (tertiary/aromatic N) is 6. The van der Waals surface area contributed by atoms with E-state index in [2.05, 4.69) is 32.5 Å². The summed E-state index contributed by atoms with van der Waals surface area (Å²) in [6.07, 6.45) is 6.32. The van der Waals surface area contributed by atoms with E-state index in [-0.39, 0.29) is 12.1 Å². The van der Waals surface area contributed by atoms with Gasteiger partial charge in [0.2, 0.25) is 5.82 Å². The largest absolute Gasteiger partial charge is 0.494 e. The topological polar surface area (TPSA) is 100 Å². The molecule has 9 nitrogen and oxygen atoms in total. The number of H-pyrrole nitrogens is 1. The summed E-state index contributed by atoms with van der Waals surface area (Å²) < 4.78 is 5.82. The number of carbonyl (C=O) groups is 1.